The Morgan fingerprint density at radius 3 is 2.22 bits per heavy atom. The van der Waals surface area contributed by atoms with E-state index in [0.29, 0.717) is 31.9 Å². The van der Waals surface area contributed by atoms with Gasteiger partial charge < -0.3 is 24.8 Å². The third-order valence-electron chi connectivity index (χ3n) is 5.88. The minimum atomic E-state index is -0.810. The Bertz CT molecular complexity index is 930. The maximum atomic E-state index is 13.0. The van der Waals surface area contributed by atoms with Crippen molar-refractivity contribution in [1.29, 1.82) is 0 Å². The van der Waals surface area contributed by atoms with Gasteiger partial charge in [-0.05, 0) is 24.3 Å². The first kappa shape index (κ1) is 21.7. The summed E-state index contributed by atoms with van der Waals surface area (Å²) in [6.07, 6.45) is -0.0196. The van der Waals surface area contributed by atoms with Crippen LogP contribution in [0.25, 0.3) is 0 Å². The third-order valence-corrected chi connectivity index (χ3v) is 5.88. The monoisotopic (exact) mass is 436 g/mol. The van der Waals surface area contributed by atoms with Crippen molar-refractivity contribution in [3.63, 3.8) is 0 Å². The number of para-hydroxylation sites is 2. The quantitative estimate of drug-likeness (QED) is 0.734. The molecule has 168 valence electrons. The summed E-state index contributed by atoms with van der Waals surface area (Å²) in [5.41, 5.74) is 1.14. The number of rotatable bonds is 6. The number of carbonyl (C=O) groups is 3. The number of carbonyl (C=O) groups excluding carboxylic acids is 3. The second-order valence-corrected chi connectivity index (χ2v) is 7.90. The third kappa shape index (κ3) is 5.19. The van der Waals surface area contributed by atoms with E-state index in [2.05, 4.69) is 22.3 Å². The molecular weight excluding hydrogens is 408 g/mol. The van der Waals surface area contributed by atoms with Gasteiger partial charge in [-0.2, -0.15) is 0 Å². The van der Waals surface area contributed by atoms with Crippen molar-refractivity contribution < 1.29 is 19.1 Å². The van der Waals surface area contributed by atoms with Gasteiger partial charge in [-0.3, -0.25) is 14.4 Å². The van der Waals surface area contributed by atoms with Crippen LogP contribution in [0.2, 0.25) is 0 Å². The fraction of sp³-hybridized carbons (Fsp3) is 0.375. The van der Waals surface area contributed by atoms with Crippen molar-refractivity contribution in [2.75, 3.05) is 50.8 Å². The van der Waals surface area contributed by atoms with Crippen molar-refractivity contribution in [2.45, 2.75) is 12.5 Å². The lowest BCUT2D eigenvalue weighted by Gasteiger charge is -2.38. The highest BCUT2D eigenvalue weighted by molar-refractivity contribution is 5.93. The predicted octanol–water partition coefficient (Wildman–Crippen LogP) is 1.13. The van der Waals surface area contributed by atoms with Gasteiger partial charge in [0.05, 0.1) is 6.42 Å². The molecule has 2 fully saturated rings. The number of hydrogen-bond donors (Lipinski definition) is 1. The minimum Gasteiger partial charge on any atom is -0.484 e. The van der Waals surface area contributed by atoms with Crippen LogP contribution in [0.4, 0.5) is 5.69 Å². The van der Waals surface area contributed by atoms with Crippen molar-refractivity contribution in [3.8, 4) is 5.75 Å². The van der Waals surface area contributed by atoms with E-state index in [4.69, 9.17) is 4.74 Å². The molecule has 2 aromatic carbocycles. The van der Waals surface area contributed by atoms with Crippen LogP contribution in [0, 0.1) is 0 Å². The second-order valence-electron chi connectivity index (χ2n) is 7.90. The normalized spacial score (nSPS) is 18.8. The van der Waals surface area contributed by atoms with Crippen LogP contribution in [0.15, 0.2) is 60.7 Å². The summed E-state index contributed by atoms with van der Waals surface area (Å²) in [6, 6.07) is 18.4. The van der Waals surface area contributed by atoms with E-state index in [1.165, 1.54) is 4.90 Å². The zero-order chi connectivity index (χ0) is 22.3. The minimum absolute atomic E-state index is 0.0196. The van der Waals surface area contributed by atoms with Crippen LogP contribution in [0.5, 0.6) is 5.75 Å². The van der Waals surface area contributed by atoms with Gasteiger partial charge in [0, 0.05) is 45.0 Å². The van der Waals surface area contributed by atoms with E-state index >= 15 is 0 Å². The van der Waals surface area contributed by atoms with Gasteiger partial charge in [-0.1, -0.05) is 36.4 Å². The Labute approximate surface area is 187 Å². The molecule has 1 atom stereocenters. The highest BCUT2D eigenvalue weighted by atomic mass is 16.5. The van der Waals surface area contributed by atoms with E-state index in [9.17, 15) is 14.4 Å². The molecule has 4 rings (SSSR count). The number of ether oxygens (including phenoxy) is 1. The van der Waals surface area contributed by atoms with E-state index in [-0.39, 0.29) is 30.7 Å². The highest BCUT2D eigenvalue weighted by Gasteiger charge is 2.36. The molecule has 0 aromatic heterocycles. The Balaban J connectivity index is 1.33. The second kappa shape index (κ2) is 10.2. The summed E-state index contributed by atoms with van der Waals surface area (Å²) < 4.78 is 5.56. The molecule has 1 N–H and O–H groups in total. The lowest BCUT2D eigenvalue weighted by atomic mass is 10.1. The SMILES string of the molecule is O=C1NCCN(C(=O)COc2ccccc2)[C@@H]1CC(=O)N1CCN(c2ccccc2)CC1. The number of piperazine rings is 2. The Morgan fingerprint density at radius 1 is 0.875 bits per heavy atom. The van der Waals surface area contributed by atoms with Crippen LogP contribution in [-0.2, 0) is 14.4 Å². The zero-order valence-electron chi connectivity index (χ0n) is 18.0. The predicted molar refractivity (Wildman–Crippen MR) is 120 cm³/mol. The topological polar surface area (TPSA) is 82.2 Å². The molecule has 2 heterocycles. The molecule has 0 aliphatic carbocycles. The van der Waals surface area contributed by atoms with Crippen LogP contribution >= 0.6 is 0 Å². The smallest absolute Gasteiger partial charge is 0.261 e. The standard InChI is InChI=1S/C24H28N4O4/c29-22(27-15-13-26(14-16-27)19-7-3-1-4-8-19)17-21-24(31)25-11-12-28(21)23(30)18-32-20-9-5-2-6-10-20/h1-10,21H,11-18H2,(H,25,31)/t21-/m1/s1. The fourth-order valence-corrected chi connectivity index (χ4v) is 4.11. The Morgan fingerprint density at radius 2 is 1.53 bits per heavy atom. The molecule has 0 unspecified atom stereocenters. The maximum absolute atomic E-state index is 13.0. The van der Waals surface area contributed by atoms with Crippen molar-refractivity contribution in [1.82, 2.24) is 15.1 Å². The van der Waals surface area contributed by atoms with Crippen LogP contribution in [-0.4, -0.2) is 79.4 Å². The number of nitrogens with zero attached hydrogens (tertiary/aromatic N) is 3. The molecule has 3 amide bonds. The largest absolute Gasteiger partial charge is 0.484 e. The van der Waals surface area contributed by atoms with Gasteiger partial charge >= 0.3 is 0 Å². The first-order chi connectivity index (χ1) is 15.6. The van der Waals surface area contributed by atoms with Gasteiger partial charge in [-0.15, -0.1) is 0 Å². The Kier molecular flexibility index (Phi) is 6.89. The van der Waals surface area contributed by atoms with Crippen molar-refractivity contribution in [3.05, 3.63) is 60.7 Å². The summed E-state index contributed by atoms with van der Waals surface area (Å²) in [4.78, 5) is 43.7. The van der Waals surface area contributed by atoms with Gasteiger partial charge in [-0.25, -0.2) is 0 Å². The highest BCUT2D eigenvalue weighted by Crippen LogP contribution is 2.18. The van der Waals surface area contributed by atoms with Gasteiger partial charge in [0.25, 0.3) is 5.91 Å². The summed E-state index contributed by atoms with van der Waals surface area (Å²) in [6.45, 7) is 3.22. The molecular formula is C24H28N4O4. The van der Waals surface area contributed by atoms with Gasteiger partial charge in [0.15, 0.2) is 6.61 Å². The van der Waals surface area contributed by atoms with Crippen molar-refractivity contribution in [2.24, 2.45) is 0 Å². The average molecular weight is 437 g/mol. The van der Waals surface area contributed by atoms with Gasteiger partial charge in [0.2, 0.25) is 11.8 Å². The van der Waals surface area contributed by atoms with Crippen molar-refractivity contribution >= 4 is 23.4 Å². The number of benzene rings is 2. The van der Waals surface area contributed by atoms with E-state index in [1.54, 1.807) is 17.0 Å². The molecule has 8 nitrogen and oxygen atoms in total. The molecule has 2 aromatic rings. The summed E-state index contributed by atoms with van der Waals surface area (Å²) in [5.74, 6) is -0.108. The zero-order valence-corrected chi connectivity index (χ0v) is 18.0. The summed E-state index contributed by atoms with van der Waals surface area (Å²) in [7, 11) is 0. The first-order valence-corrected chi connectivity index (χ1v) is 10.9. The molecule has 0 radical (unpaired) electrons. The Hall–Kier alpha value is -3.55. The molecule has 8 heteroatoms. The first-order valence-electron chi connectivity index (χ1n) is 10.9. The van der Waals surface area contributed by atoms with E-state index in [0.717, 1.165) is 18.8 Å². The number of hydrogen-bond acceptors (Lipinski definition) is 5. The number of nitrogens with one attached hydrogen (secondary N) is 1. The molecule has 0 saturated carbocycles. The molecule has 32 heavy (non-hydrogen) atoms. The maximum Gasteiger partial charge on any atom is 0.261 e. The molecule has 2 aliphatic rings. The van der Waals surface area contributed by atoms with Crippen LogP contribution in [0.1, 0.15) is 6.42 Å². The summed E-state index contributed by atoms with van der Waals surface area (Å²) in [5, 5.41) is 2.77. The lowest BCUT2D eigenvalue weighted by Crippen LogP contribution is -2.60. The lowest BCUT2D eigenvalue weighted by molar-refractivity contribution is -0.148. The van der Waals surface area contributed by atoms with E-state index < -0.39 is 6.04 Å². The summed E-state index contributed by atoms with van der Waals surface area (Å²) >= 11 is 0. The molecule has 0 spiro atoms. The number of anilines is 1. The van der Waals surface area contributed by atoms with Gasteiger partial charge in [0.1, 0.15) is 11.8 Å². The van der Waals surface area contributed by atoms with Crippen LogP contribution in [0.3, 0.4) is 0 Å². The molecule has 2 saturated heterocycles. The molecule has 0 bridgehead atoms. The van der Waals surface area contributed by atoms with E-state index in [1.807, 2.05) is 36.4 Å². The average Bonchev–Trinajstić information content (AvgIpc) is 2.85. The molecule has 2 aliphatic heterocycles. The number of amides is 3. The van der Waals surface area contributed by atoms with Crippen LogP contribution < -0.4 is 15.0 Å². The fourth-order valence-electron chi connectivity index (χ4n) is 4.11.